The molecule has 2 heterocycles. The largest absolute Gasteiger partial charge is 0.479 e. The fourth-order valence-electron chi connectivity index (χ4n) is 2.51. The van der Waals surface area contributed by atoms with E-state index < -0.39 is 6.10 Å². The standard InChI is InChI=1S/C18H17N3O3/c1-3-10-21-15-11-14(4-5-16(15)24-12(2)18(21)23)20-17(22)13-6-8-19-9-7-13/h3-9,11-12H,1,10H2,2H3,(H,20,22). The Morgan fingerprint density at radius 3 is 2.83 bits per heavy atom. The summed E-state index contributed by atoms with van der Waals surface area (Å²) in [6, 6.07) is 8.48. The summed E-state index contributed by atoms with van der Waals surface area (Å²) in [5, 5.41) is 2.81. The van der Waals surface area contributed by atoms with Gasteiger partial charge in [0, 0.05) is 30.2 Å². The lowest BCUT2D eigenvalue weighted by Gasteiger charge is -2.32. The van der Waals surface area contributed by atoms with Crippen molar-refractivity contribution in [2.24, 2.45) is 0 Å². The van der Waals surface area contributed by atoms with Crippen molar-refractivity contribution < 1.29 is 14.3 Å². The molecule has 0 saturated heterocycles. The molecule has 24 heavy (non-hydrogen) atoms. The maximum absolute atomic E-state index is 12.3. The third-order valence-corrected chi connectivity index (χ3v) is 3.68. The molecule has 122 valence electrons. The average molecular weight is 323 g/mol. The number of fused-ring (bicyclic) bond motifs is 1. The molecule has 1 atom stereocenters. The van der Waals surface area contributed by atoms with Crippen LogP contribution in [0.4, 0.5) is 11.4 Å². The van der Waals surface area contributed by atoms with Crippen molar-refractivity contribution in [3.05, 3.63) is 60.9 Å². The first-order valence-corrected chi connectivity index (χ1v) is 7.54. The van der Waals surface area contributed by atoms with E-state index in [1.807, 2.05) is 0 Å². The average Bonchev–Trinajstić information content (AvgIpc) is 2.60. The number of pyridine rings is 1. The molecule has 0 radical (unpaired) electrons. The van der Waals surface area contributed by atoms with Crippen molar-refractivity contribution in [2.45, 2.75) is 13.0 Å². The highest BCUT2D eigenvalue weighted by Gasteiger charge is 2.31. The van der Waals surface area contributed by atoms with Crippen LogP contribution in [-0.2, 0) is 4.79 Å². The molecule has 1 aliphatic heterocycles. The Bertz CT molecular complexity index is 789. The zero-order chi connectivity index (χ0) is 17.1. The Morgan fingerprint density at radius 1 is 1.38 bits per heavy atom. The summed E-state index contributed by atoms with van der Waals surface area (Å²) in [5.74, 6) is 0.218. The first-order valence-electron chi connectivity index (χ1n) is 7.54. The number of carbonyl (C=O) groups is 2. The van der Waals surface area contributed by atoms with Crippen molar-refractivity contribution in [1.29, 1.82) is 0 Å². The number of rotatable bonds is 4. The predicted octanol–water partition coefficient (Wildman–Crippen LogP) is 2.63. The highest BCUT2D eigenvalue weighted by atomic mass is 16.5. The Labute approximate surface area is 139 Å². The number of amides is 2. The molecule has 0 bridgehead atoms. The summed E-state index contributed by atoms with van der Waals surface area (Å²) in [6.07, 6.45) is 4.22. The monoisotopic (exact) mass is 323 g/mol. The SMILES string of the molecule is C=CCN1C(=O)C(C)Oc2ccc(NC(=O)c3ccncc3)cc21. The molecule has 1 aromatic heterocycles. The lowest BCUT2D eigenvalue weighted by Crippen LogP contribution is -2.44. The molecular weight excluding hydrogens is 306 g/mol. The number of carbonyl (C=O) groups excluding carboxylic acids is 2. The lowest BCUT2D eigenvalue weighted by molar-refractivity contribution is -0.125. The van der Waals surface area contributed by atoms with Crippen molar-refractivity contribution in [1.82, 2.24) is 4.98 Å². The van der Waals surface area contributed by atoms with Crippen LogP contribution in [0, 0.1) is 0 Å². The van der Waals surface area contributed by atoms with Crippen LogP contribution in [0.5, 0.6) is 5.75 Å². The van der Waals surface area contributed by atoms with Gasteiger partial charge in [-0.15, -0.1) is 6.58 Å². The van der Waals surface area contributed by atoms with E-state index in [9.17, 15) is 9.59 Å². The van der Waals surface area contributed by atoms with Crippen LogP contribution >= 0.6 is 0 Å². The van der Waals surface area contributed by atoms with Gasteiger partial charge in [0.15, 0.2) is 6.10 Å². The molecule has 3 rings (SSSR count). The van der Waals surface area contributed by atoms with Gasteiger partial charge in [0.25, 0.3) is 11.8 Å². The normalized spacial score (nSPS) is 16.1. The fourth-order valence-corrected chi connectivity index (χ4v) is 2.51. The molecule has 1 aromatic carbocycles. The van der Waals surface area contributed by atoms with Crippen LogP contribution in [0.1, 0.15) is 17.3 Å². The minimum absolute atomic E-state index is 0.139. The fraction of sp³-hybridized carbons (Fsp3) is 0.167. The van der Waals surface area contributed by atoms with E-state index in [1.165, 1.54) is 0 Å². The van der Waals surface area contributed by atoms with Gasteiger partial charge in [-0.2, -0.15) is 0 Å². The zero-order valence-electron chi connectivity index (χ0n) is 13.2. The van der Waals surface area contributed by atoms with Crippen LogP contribution in [0.25, 0.3) is 0 Å². The second-order valence-electron chi connectivity index (χ2n) is 5.37. The Balaban J connectivity index is 1.89. The minimum atomic E-state index is -0.547. The van der Waals surface area contributed by atoms with E-state index in [0.717, 1.165) is 0 Å². The molecule has 0 saturated carbocycles. The summed E-state index contributed by atoms with van der Waals surface area (Å²) < 4.78 is 5.62. The first-order chi connectivity index (χ1) is 11.6. The Kier molecular flexibility index (Phi) is 4.29. The predicted molar refractivity (Wildman–Crippen MR) is 91.3 cm³/mol. The molecule has 6 nitrogen and oxygen atoms in total. The van der Waals surface area contributed by atoms with Crippen LogP contribution in [0.2, 0.25) is 0 Å². The van der Waals surface area contributed by atoms with Crippen LogP contribution < -0.4 is 15.0 Å². The molecule has 2 aromatic rings. The molecule has 0 spiro atoms. The van der Waals surface area contributed by atoms with Crippen LogP contribution in [0.15, 0.2) is 55.4 Å². The number of benzene rings is 1. The number of ether oxygens (including phenoxy) is 1. The minimum Gasteiger partial charge on any atom is -0.479 e. The van der Waals surface area contributed by atoms with Crippen molar-refractivity contribution >= 4 is 23.2 Å². The van der Waals surface area contributed by atoms with E-state index in [4.69, 9.17) is 4.74 Å². The Morgan fingerprint density at radius 2 is 2.12 bits per heavy atom. The van der Waals surface area contributed by atoms with Gasteiger partial charge in [0.05, 0.1) is 5.69 Å². The summed E-state index contributed by atoms with van der Waals surface area (Å²) in [5.41, 5.74) is 1.70. The van der Waals surface area contributed by atoms with Gasteiger partial charge in [-0.1, -0.05) is 6.08 Å². The summed E-state index contributed by atoms with van der Waals surface area (Å²) >= 11 is 0. The number of nitrogens with one attached hydrogen (secondary N) is 1. The van der Waals surface area contributed by atoms with Crippen molar-refractivity contribution in [3.8, 4) is 5.75 Å². The maximum atomic E-state index is 12.3. The maximum Gasteiger partial charge on any atom is 0.268 e. The summed E-state index contributed by atoms with van der Waals surface area (Å²) in [6.45, 7) is 5.77. The second kappa shape index (κ2) is 6.54. The highest BCUT2D eigenvalue weighted by molar-refractivity contribution is 6.05. The zero-order valence-corrected chi connectivity index (χ0v) is 13.2. The van der Waals surface area contributed by atoms with Crippen molar-refractivity contribution in [3.63, 3.8) is 0 Å². The van der Waals surface area contributed by atoms with Gasteiger partial charge in [-0.05, 0) is 37.3 Å². The van der Waals surface area contributed by atoms with Gasteiger partial charge >= 0.3 is 0 Å². The van der Waals surface area contributed by atoms with Gasteiger partial charge in [-0.3, -0.25) is 14.6 Å². The van der Waals surface area contributed by atoms with E-state index in [0.29, 0.717) is 29.2 Å². The molecule has 0 fully saturated rings. The molecule has 0 aliphatic carbocycles. The van der Waals surface area contributed by atoms with Gasteiger partial charge < -0.3 is 15.0 Å². The third-order valence-electron chi connectivity index (χ3n) is 3.68. The van der Waals surface area contributed by atoms with E-state index in [1.54, 1.807) is 60.6 Å². The van der Waals surface area contributed by atoms with E-state index in [2.05, 4.69) is 16.9 Å². The summed E-state index contributed by atoms with van der Waals surface area (Å²) in [4.78, 5) is 30.0. The first kappa shape index (κ1) is 15.7. The molecule has 1 N–H and O–H groups in total. The van der Waals surface area contributed by atoms with Gasteiger partial charge in [-0.25, -0.2) is 0 Å². The van der Waals surface area contributed by atoms with Gasteiger partial charge in [0.1, 0.15) is 5.75 Å². The number of hydrogen-bond donors (Lipinski definition) is 1. The van der Waals surface area contributed by atoms with Crippen molar-refractivity contribution in [2.75, 3.05) is 16.8 Å². The topological polar surface area (TPSA) is 71.5 Å². The molecule has 1 unspecified atom stereocenters. The van der Waals surface area contributed by atoms with E-state index >= 15 is 0 Å². The number of hydrogen-bond acceptors (Lipinski definition) is 4. The van der Waals surface area contributed by atoms with Crippen LogP contribution in [0.3, 0.4) is 0 Å². The number of anilines is 2. The van der Waals surface area contributed by atoms with Crippen LogP contribution in [-0.4, -0.2) is 29.4 Å². The molecular formula is C18H17N3O3. The van der Waals surface area contributed by atoms with Gasteiger partial charge in [0.2, 0.25) is 0 Å². The second-order valence-corrected chi connectivity index (χ2v) is 5.37. The Hall–Kier alpha value is -3.15. The lowest BCUT2D eigenvalue weighted by atomic mass is 10.1. The van der Waals surface area contributed by atoms with E-state index in [-0.39, 0.29) is 11.8 Å². The molecule has 2 amide bonds. The third kappa shape index (κ3) is 2.99. The quantitative estimate of drug-likeness (QED) is 0.878. The highest BCUT2D eigenvalue weighted by Crippen LogP contribution is 2.36. The molecule has 6 heteroatoms. The molecule has 1 aliphatic rings. The smallest absolute Gasteiger partial charge is 0.268 e. The number of aromatic nitrogens is 1. The summed E-state index contributed by atoms with van der Waals surface area (Å²) in [7, 11) is 0. The number of nitrogens with zero attached hydrogens (tertiary/aromatic N) is 2.